The summed E-state index contributed by atoms with van der Waals surface area (Å²) in [7, 11) is 0. The number of hydrogen-bond donors (Lipinski definition) is 2. The Morgan fingerprint density at radius 3 is 2.44 bits per heavy atom. The molecule has 4 nitrogen and oxygen atoms in total. The zero-order chi connectivity index (χ0) is 13.2. The summed E-state index contributed by atoms with van der Waals surface area (Å²) in [6.07, 6.45) is 6.70. The Morgan fingerprint density at radius 2 is 1.94 bits per heavy atom. The van der Waals surface area contributed by atoms with Gasteiger partial charge in [-0.2, -0.15) is 0 Å². The summed E-state index contributed by atoms with van der Waals surface area (Å²) in [6.45, 7) is 2.96. The van der Waals surface area contributed by atoms with Crippen molar-refractivity contribution in [1.82, 2.24) is 5.32 Å². The molecular weight excluding hydrogens is 230 g/mol. The van der Waals surface area contributed by atoms with Gasteiger partial charge in [0.05, 0.1) is 5.92 Å². The number of carboxylic acids is 1. The lowest BCUT2D eigenvalue weighted by molar-refractivity contribution is -0.141. The minimum absolute atomic E-state index is 0.0705. The quantitative estimate of drug-likeness (QED) is 0.762. The van der Waals surface area contributed by atoms with E-state index in [1.54, 1.807) is 0 Å². The lowest BCUT2D eigenvalue weighted by Gasteiger charge is -2.17. The minimum Gasteiger partial charge on any atom is -0.481 e. The van der Waals surface area contributed by atoms with Gasteiger partial charge in [-0.1, -0.05) is 13.3 Å². The van der Waals surface area contributed by atoms with E-state index >= 15 is 0 Å². The van der Waals surface area contributed by atoms with E-state index in [9.17, 15) is 9.59 Å². The summed E-state index contributed by atoms with van der Waals surface area (Å²) in [5, 5.41) is 12.0. The van der Waals surface area contributed by atoms with Gasteiger partial charge in [-0.25, -0.2) is 0 Å². The maximum absolute atomic E-state index is 12.0. The van der Waals surface area contributed by atoms with E-state index in [1.807, 2.05) is 0 Å². The number of rotatable bonds is 6. The molecule has 0 aliphatic heterocycles. The van der Waals surface area contributed by atoms with Gasteiger partial charge in [0.25, 0.3) is 0 Å². The molecule has 2 fully saturated rings. The van der Waals surface area contributed by atoms with Crippen LogP contribution in [0.4, 0.5) is 0 Å². The van der Waals surface area contributed by atoms with E-state index in [2.05, 4.69) is 12.2 Å². The Bertz CT molecular complexity index is 336. The van der Waals surface area contributed by atoms with Gasteiger partial charge >= 0.3 is 5.97 Å². The fraction of sp³-hybridized carbons (Fsp3) is 0.857. The van der Waals surface area contributed by atoms with E-state index in [1.165, 1.54) is 25.7 Å². The highest BCUT2D eigenvalue weighted by Crippen LogP contribution is 2.49. The molecule has 0 aromatic rings. The molecule has 0 aromatic heterocycles. The van der Waals surface area contributed by atoms with Crippen molar-refractivity contribution in [3.8, 4) is 0 Å². The van der Waals surface area contributed by atoms with Crippen molar-refractivity contribution in [3.05, 3.63) is 0 Å². The number of aliphatic carboxylic acids is 1. The molecule has 0 aromatic carbocycles. The van der Waals surface area contributed by atoms with Crippen molar-refractivity contribution in [2.45, 2.75) is 51.9 Å². The molecule has 2 N–H and O–H groups in total. The fourth-order valence-corrected chi connectivity index (χ4v) is 3.09. The van der Waals surface area contributed by atoms with Crippen LogP contribution in [0.2, 0.25) is 0 Å². The van der Waals surface area contributed by atoms with Gasteiger partial charge in [0, 0.05) is 12.5 Å². The summed E-state index contributed by atoms with van der Waals surface area (Å²) in [4.78, 5) is 22.8. The summed E-state index contributed by atoms with van der Waals surface area (Å²) >= 11 is 0. The minimum atomic E-state index is -0.755. The molecule has 2 aliphatic rings. The molecule has 2 rings (SSSR count). The van der Waals surface area contributed by atoms with Crippen molar-refractivity contribution < 1.29 is 14.7 Å². The zero-order valence-electron chi connectivity index (χ0n) is 11.1. The maximum atomic E-state index is 12.0. The van der Waals surface area contributed by atoms with Crippen molar-refractivity contribution >= 4 is 11.9 Å². The molecule has 0 bridgehead atoms. The Balaban J connectivity index is 1.74. The smallest absolute Gasteiger partial charge is 0.306 e. The van der Waals surface area contributed by atoms with Gasteiger partial charge in [0.2, 0.25) is 5.91 Å². The molecule has 102 valence electrons. The molecule has 0 spiro atoms. The monoisotopic (exact) mass is 253 g/mol. The van der Waals surface area contributed by atoms with Crippen molar-refractivity contribution in [1.29, 1.82) is 0 Å². The fourth-order valence-electron chi connectivity index (χ4n) is 3.09. The molecule has 0 saturated heterocycles. The maximum Gasteiger partial charge on any atom is 0.306 e. The van der Waals surface area contributed by atoms with Gasteiger partial charge in [0.15, 0.2) is 0 Å². The number of hydrogen-bond acceptors (Lipinski definition) is 2. The lowest BCUT2D eigenvalue weighted by Crippen LogP contribution is -2.34. The van der Waals surface area contributed by atoms with E-state index in [0.717, 1.165) is 13.0 Å². The van der Waals surface area contributed by atoms with Crippen LogP contribution in [-0.4, -0.2) is 23.5 Å². The first-order chi connectivity index (χ1) is 8.56. The second kappa shape index (κ2) is 5.29. The van der Waals surface area contributed by atoms with Gasteiger partial charge in [-0.15, -0.1) is 0 Å². The topological polar surface area (TPSA) is 66.4 Å². The highest BCUT2D eigenvalue weighted by atomic mass is 16.4. The molecule has 18 heavy (non-hydrogen) atoms. The predicted molar refractivity (Wildman–Crippen MR) is 68.1 cm³/mol. The van der Waals surface area contributed by atoms with Crippen LogP contribution in [0.25, 0.3) is 0 Å². The Labute approximate surface area is 108 Å². The average molecular weight is 253 g/mol. The molecule has 2 atom stereocenters. The molecule has 2 aliphatic carbocycles. The molecule has 4 heteroatoms. The first-order valence-corrected chi connectivity index (χ1v) is 7.07. The van der Waals surface area contributed by atoms with Gasteiger partial charge < -0.3 is 10.4 Å². The molecule has 2 unspecified atom stereocenters. The summed E-state index contributed by atoms with van der Waals surface area (Å²) in [5.41, 5.74) is 0.370. The Hall–Kier alpha value is -1.06. The van der Waals surface area contributed by atoms with Crippen LogP contribution in [-0.2, 0) is 9.59 Å². The van der Waals surface area contributed by atoms with Crippen LogP contribution >= 0.6 is 0 Å². The van der Waals surface area contributed by atoms with E-state index in [-0.39, 0.29) is 17.7 Å². The second-order valence-electron chi connectivity index (χ2n) is 6.01. The first-order valence-electron chi connectivity index (χ1n) is 7.07. The summed E-state index contributed by atoms with van der Waals surface area (Å²) in [5.74, 6) is -1.08. The molecular formula is C14H23NO3. The molecule has 2 saturated carbocycles. The zero-order valence-corrected chi connectivity index (χ0v) is 11.1. The number of carbonyl (C=O) groups is 2. The van der Waals surface area contributed by atoms with E-state index in [0.29, 0.717) is 18.3 Å². The van der Waals surface area contributed by atoms with Crippen LogP contribution < -0.4 is 5.32 Å². The summed E-state index contributed by atoms with van der Waals surface area (Å²) in [6, 6.07) is 0. The Morgan fingerprint density at radius 1 is 1.28 bits per heavy atom. The molecule has 1 amide bonds. The van der Waals surface area contributed by atoms with Crippen LogP contribution in [0.15, 0.2) is 0 Å². The third kappa shape index (κ3) is 3.03. The normalized spacial score (nSPS) is 28.9. The third-order valence-electron chi connectivity index (χ3n) is 4.53. The van der Waals surface area contributed by atoms with Crippen LogP contribution in [0.5, 0.6) is 0 Å². The van der Waals surface area contributed by atoms with Crippen molar-refractivity contribution in [3.63, 3.8) is 0 Å². The number of amides is 1. The average Bonchev–Trinajstić information content (AvgIpc) is 2.92. The summed E-state index contributed by atoms with van der Waals surface area (Å²) < 4.78 is 0. The third-order valence-corrected chi connectivity index (χ3v) is 4.53. The first kappa shape index (κ1) is 13.4. The van der Waals surface area contributed by atoms with Gasteiger partial charge in [-0.05, 0) is 43.9 Å². The standard InChI is InChI=1S/C14H23NO3/c1-2-5-14(6-7-14)9-15-12(16)10-3-4-11(8-10)13(17)18/h10-11H,2-9H2,1H3,(H,15,16)(H,17,18). The van der Waals surface area contributed by atoms with E-state index in [4.69, 9.17) is 5.11 Å². The van der Waals surface area contributed by atoms with E-state index < -0.39 is 5.97 Å². The number of carboxylic acid groups (broad SMARTS) is 1. The Kier molecular flexibility index (Phi) is 3.93. The number of nitrogens with one attached hydrogen (secondary N) is 1. The number of carbonyl (C=O) groups excluding carboxylic acids is 1. The lowest BCUT2D eigenvalue weighted by atomic mass is 9.99. The predicted octanol–water partition coefficient (Wildman–Crippen LogP) is 2.18. The second-order valence-corrected chi connectivity index (χ2v) is 6.01. The van der Waals surface area contributed by atoms with Crippen molar-refractivity contribution in [2.75, 3.05) is 6.54 Å². The highest BCUT2D eigenvalue weighted by molar-refractivity contribution is 5.80. The molecule has 0 heterocycles. The SMILES string of the molecule is CCCC1(CNC(=O)C2CCC(C(=O)O)C2)CC1. The highest BCUT2D eigenvalue weighted by Gasteiger charge is 2.42. The molecule has 0 radical (unpaired) electrons. The van der Waals surface area contributed by atoms with Crippen LogP contribution in [0, 0.1) is 17.3 Å². The largest absolute Gasteiger partial charge is 0.481 e. The van der Waals surface area contributed by atoms with Gasteiger partial charge in [0.1, 0.15) is 0 Å². The van der Waals surface area contributed by atoms with Crippen LogP contribution in [0.3, 0.4) is 0 Å². The van der Waals surface area contributed by atoms with Gasteiger partial charge in [-0.3, -0.25) is 9.59 Å². The van der Waals surface area contributed by atoms with Crippen molar-refractivity contribution in [2.24, 2.45) is 17.3 Å². The van der Waals surface area contributed by atoms with Crippen LogP contribution in [0.1, 0.15) is 51.9 Å².